The molecule has 1 saturated heterocycles. The number of H-pyrrole nitrogens is 1. The highest BCUT2D eigenvalue weighted by molar-refractivity contribution is 7.90. The zero-order valence-electron chi connectivity index (χ0n) is 29.4. The summed E-state index contributed by atoms with van der Waals surface area (Å²) >= 11 is 7.61. The van der Waals surface area contributed by atoms with Crippen molar-refractivity contribution in [3.05, 3.63) is 112 Å². The molecule has 2 aromatic carbocycles. The zero-order valence-corrected chi connectivity index (χ0v) is 31.8. The third kappa shape index (κ3) is 7.68. The van der Waals surface area contributed by atoms with Crippen molar-refractivity contribution in [2.24, 2.45) is 5.41 Å². The third-order valence-corrected chi connectivity index (χ3v) is 12.6. The number of fused-ring (bicyclic) bond motifs is 2. The maximum absolute atomic E-state index is 13.8. The van der Waals surface area contributed by atoms with Gasteiger partial charge in [-0.15, -0.1) is 11.3 Å². The summed E-state index contributed by atoms with van der Waals surface area (Å²) in [5.41, 5.74) is 5.94. The molecule has 53 heavy (non-hydrogen) atoms. The first-order chi connectivity index (χ1) is 25.5. The third-order valence-electron chi connectivity index (χ3n) is 10.1. The van der Waals surface area contributed by atoms with Crippen LogP contribution in [0.2, 0.25) is 5.02 Å². The number of piperazine rings is 1. The lowest BCUT2D eigenvalue weighted by molar-refractivity contribution is 0.0977. The van der Waals surface area contributed by atoms with Crippen molar-refractivity contribution in [2.45, 2.75) is 38.0 Å². The fourth-order valence-corrected chi connectivity index (χ4v) is 9.16. The maximum Gasteiger partial charge on any atom is 0.283 e. The Morgan fingerprint density at radius 2 is 1.81 bits per heavy atom. The molecule has 1 fully saturated rings. The lowest BCUT2D eigenvalue weighted by atomic mass is 9.72. The maximum atomic E-state index is 13.8. The lowest BCUT2D eigenvalue weighted by Crippen LogP contribution is -2.47. The summed E-state index contributed by atoms with van der Waals surface area (Å²) in [5, 5.41) is 4.31. The number of pyridine rings is 2. The van der Waals surface area contributed by atoms with E-state index in [1.807, 2.05) is 29.6 Å². The molecule has 1 aliphatic carbocycles. The molecule has 0 unspecified atom stereocenters. The van der Waals surface area contributed by atoms with Crippen molar-refractivity contribution in [3.8, 4) is 11.5 Å². The number of ether oxygens (including phenoxy) is 1. The number of nitrogens with one attached hydrogen (secondary N) is 2. The van der Waals surface area contributed by atoms with E-state index < -0.39 is 15.9 Å². The standard InChI is InChI=1S/C40H39ClN6O4S2/c1-40(2)14-11-29(33(23-40)26-3-6-30(41)7-4-26)25-46-16-18-47(19-17-46)31-8-10-36(35(22-31)51-32-21-28-12-15-42-37(28)43-24-32)53(49,50)45-38(48)34-9-5-27-13-20-52-39(27)44-34/h3-10,12-13,15,20-22,24H,11,14,16-19,23,25H2,1-2H3,(H,42,43)(H,45,48). The van der Waals surface area contributed by atoms with Crippen LogP contribution in [0.1, 0.15) is 49.2 Å². The summed E-state index contributed by atoms with van der Waals surface area (Å²) in [7, 11) is -4.37. The van der Waals surface area contributed by atoms with Crippen molar-refractivity contribution in [2.75, 3.05) is 37.6 Å². The van der Waals surface area contributed by atoms with E-state index in [2.05, 4.69) is 55.5 Å². The van der Waals surface area contributed by atoms with Crippen LogP contribution in [0.4, 0.5) is 5.69 Å². The second kappa shape index (κ2) is 14.2. The first-order valence-corrected chi connectivity index (χ1v) is 20.3. The van der Waals surface area contributed by atoms with E-state index in [4.69, 9.17) is 16.3 Å². The van der Waals surface area contributed by atoms with Gasteiger partial charge in [-0.2, -0.15) is 0 Å². The van der Waals surface area contributed by atoms with E-state index in [0.29, 0.717) is 16.2 Å². The van der Waals surface area contributed by atoms with Gasteiger partial charge >= 0.3 is 0 Å². The van der Waals surface area contributed by atoms with Crippen LogP contribution in [0.3, 0.4) is 0 Å². The molecular formula is C40H39ClN6O4S2. The van der Waals surface area contributed by atoms with E-state index in [-0.39, 0.29) is 21.8 Å². The summed E-state index contributed by atoms with van der Waals surface area (Å²) in [5.74, 6) is -0.365. The predicted molar refractivity (Wildman–Crippen MR) is 212 cm³/mol. The molecule has 13 heteroatoms. The Bertz CT molecular complexity index is 2470. The molecule has 272 valence electrons. The van der Waals surface area contributed by atoms with E-state index in [1.165, 1.54) is 40.2 Å². The molecule has 0 saturated carbocycles. The molecule has 0 bridgehead atoms. The Labute approximate surface area is 317 Å². The van der Waals surface area contributed by atoms with Gasteiger partial charge in [-0.05, 0) is 95.8 Å². The Balaban J connectivity index is 1.03. The summed E-state index contributed by atoms with van der Waals surface area (Å²) in [4.78, 5) is 30.2. The minimum absolute atomic E-state index is 0.00980. The Kier molecular flexibility index (Phi) is 9.48. The van der Waals surface area contributed by atoms with Gasteiger partial charge in [0, 0.05) is 66.5 Å². The SMILES string of the molecule is CC1(C)CCC(CN2CCN(c3ccc(S(=O)(=O)NC(=O)c4ccc5ccsc5n4)c(Oc4cnc5[nH]ccc5c4)c3)CC2)=C(c2ccc(Cl)cc2)C1. The second-order valence-electron chi connectivity index (χ2n) is 14.5. The molecular weight excluding hydrogens is 728 g/mol. The van der Waals surface area contributed by atoms with Gasteiger partial charge in [-0.3, -0.25) is 9.69 Å². The van der Waals surface area contributed by atoms with Crippen LogP contribution < -0.4 is 14.4 Å². The minimum atomic E-state index is -4.37. The molecule has 1 amide bonds. The Morgan fingerprint density at radius 1 is 1.00 bits per heavy atom. The largest absolute Gasteiger partial charge is 0.454 e. The van der Waals surface area contributed by atoms with Gasteiger partial charge in [0.25, 0.3) is 15.9 Å². The van der Waals surface area contributed by atoms with Crippen molar-refractivity contribution in [3.63, 3.8) is 0 Å². The number of nitrogens with zero attached hydrogens (tertiary/aromatic N) is 4. The molecule has 0 atom stereocenters. The zero-order chi connectivity index (χ0) is 36.7. The first-order valence-electron chi connectivity index (χ1n) is 17.6. The topological polar surface area (TPSA) is 121 Å². The van der Waals surface area contributed by atoms with Gasteiger partial charge < -0.3 is 14.6 Å². The van der Waals surface area contributed by atoms with Gasteiger partial charge in [0.2, 0.25) is 0 Å². The predicted octanol–water partition coefficient (Wildman–Crippen LogP) is 8.52. The second-order valence-corrected chi connectivity index (χ2v) is 17.4. The van der Waals surface area contributed by atoms with E-state index >= 15 is 0 Å². The van der Waals surface area contributed by atoms with Crippen LogP contribution in [-0.4, -0.2) is 66.9 Å². The number of halogens is 1. The highest BCUT2D eigenvalue weighted by Gasteiger charge is 2.30. The Hall–Kier alpha value is -4.75. The van der Waals surface area contributed by atoms with Gasteiger partial charge in [-0.1, -0.05) is 43.2 Å². The number of carbonyl (C=O) groups is 1. The number of aromatic nitrogens is 3. The molecule has 0 spiro atoms. The number of hydrogen-bond donors (Lipinski definition) is 2. The smallest absolute Gasteiger partial charge is 0.283 e. The number of carbonyl (C=O) groups excluding carboxylic acids is 1. The number of rotatable bonds is 9. The number of hydrogen-bond acceptors (Lipinski definition) is 9. The van der Waals surface area contributed by atoms with Crippen molar-refractivity contribution < 1.29 is 17.9 Å². The van der Waals surface area contributed by atoms with Crippen LogP contribution in [0, 0.1) is 5.41 Å². The summed E-state index contributed by atoms with van der Waals surface area (Å²) in [6.45, 7) is 8.81. The fourth-order valence-electron chi connectivity index (χ4n) is 7.20. The molecule has 1 aliphatic heterocycles. The lowest BCUT2D eigenvalue weighted by Gasteiger charge is -2.39. The average molecular weight is 767 g/mol. The van der Waals surface area contributed by atoms with Crippen molar-refractivity contribution in [1.82, 2.24) is 24.6 Å². The van der Waals surface area contributed by atoms with Crippen molar-refractivity contribution >= 4 is 71.4 Å². The van der Waals surface area contributed by atoms with Crippen LogP contribution in [-0.2, 0) is 10.0 Å². The quantitative estimate of drug-likeness (QED) is 0.150. The molecule has 5 heterocycles. The average Bonchev–Trinajstić information content (AvgIpc) is 3.82. The molecule has 0 radical (unpaired) electrons. The molecule has 6 aromatic rings. The van der Waals surface area contributed by atoms with Gasteiger partial charge in [0.05, 0.1) is 6.20 Å². The fraction of sp³-hybridized carbons (Fsp3) is 0.275. The number of thiophene rings is 1. The highest BCUT2D eigenvalue weighted by Crippen LogP contribution is 2.43. The van der Waals surface area contributed by atoms with Crippen LogP contribution in [0.5, 0.6) is 11.5 Å². The molecule has 2 aliphatic rings. The van der Waals surface area contributed by atoms with Crippen LogP contribution >= 0.6 is 22.9 Å². The summed E-state index contributed by atoms with van der Waals surface area (Å²) < 4.78 is 36.1. The first kappa shape index (κ1) is 35.3. The molecule has 8 rings (SSSR count). The van der Waals surface area contributed by atoms with Crippen LogP contribution in [0.25, 0.3) is 26.8 Å². The van der Waals surface area contributed by atoms with Gasteiger partial charge in [0.15, 0.2) is 0 Å². The molecule has 4 aromatic heterocycles. The monoisotopic (exact) mass is 766 g/mol. The highest BCUT2D eigenvalue weighted by atomic mass is 35.5. The number of anilines is 1. The molecule has 10 nitrogen and oxygen atoms in total. The number of benzene rings is 2. The number of amides is 1. The van der Waals surface area contributed by atoms with E-state index in [1.54, 1.807) is 36.7 Å². The number of allylic oxidation sites excluding steroid dienone is 1. The Morgan fingerprint density at radius 3 is 2.62 bits per heavy atom. The summed E-state index contributed by atoms with van der Waals surface area (Å²) in [6.07, 6.45) is 6.58. The van der Waals surface area contributed by atoms with E-state index in [0.717, 1.165) is 73.5 Å². The van der Waals surface area contributed by atoms with E-state index in [9.17, 15) is 13.2 Å². The summed E-state index contributed by atoms with van der Waals surface area (Å²) in [6, 6.07) is 22.0. The number of sulfonamides is 1. The minimum Gasteiger partial charge on any atom is -0.454 e. The molecule has 2 N–H and O–H groups in total. The number of aromatic amines is 1. The normalized spacial score (nSPS) is 16.7. The van der Waals surface area contributed by atoms with Crippen LogP contribution in [0.15, 0.2) is 101 Å². The van der Waals surface area contributed by atoms with Crippen molar-refractivity contribution in [1.29, 1.82) is 0 Å². The van der Waals surface area contributed by atoms with Gasteiger partial charge in [-0.25, -0.2) is 23.1 Å². The van der Waals surface area contributed by atoms with Gasteiger partial charge in [0.1, 0.15) is 32.6 Å².